The Labute approximate surface area is 198 Å². The molecule has 4 rings (SSSR count). The third-order valence-electron chi connectivity index (χ3n) is 6.66. The molecule has 0 radical (unpaired) electrons. The Kier molecular flexibility index (Phi) is 8.19. The fraction of sp³-hybridized carbons (Fsp3) is 0.464. The van der Waals surface area contributed by atoms with E-state index in [1.54, 1.807) is 0 Å². The van der Waals surface area contributed by atoms with Crippen LogP contribution < -0.4 is 10.2 Å². The lowest BCUT2D eigenvalue weighted by Gasteiger charge is -2.37. The van der Waals surface area contributed by atoms with Gasteiger partial charge in [-0.3, -0.25) is 4.90 Å². The topological polar surface area (TPSA) is 44.5 Å². The van der Waals surface area contributed by atoms with E-state index in [0.29, 0.717) is 6.54 Å². The molecule has 5 nitrogen and oxygen atoms in total. The van der Waals surface area contributed by atoms with E-state index in [1.165, 1.54) is 16.8 Å². The molecule has 0 unspecified atom stereocenters. The first-order chi connectivity index (χ1) is 16.2. The number of aromatic nitrogens is 1. The average molecular weight is 447 g/mol. The molecule has 1 aliphatic rings. The van der Waals surface area contributed by atoms with Crippen LogP contribution in [0.4, 0.5) is 5.69 Å². The van der Waals surface area contributed by atoms with E-state index in [9.17, 15) is 0 Å². The van der Waals surface area contributed by atoms with Gasteiger partial charge in [0.15, 0.2) is 0 Å². The summed E-state index contributed by atoms with van der Waals surface area (Å²) < 4.78 is 6.09. The fourth-order valence-electron chi connectivity index (χ4n) is 4.61. The molecule has 176 valence electrons. The number of piperazine rings is 1. The zero-order chi connectivity index (χ0) is 23.0. The minimum atomic E-state index is 0.684. The van der Waals surface area contributed by atoms with Crippen molar-refractivity contribution >= 4 is 5.69 Å². The Bertz CT molecular complexity index is 1010. The van der Waals surface area contributed by atoms with E-state index in [0.717, 1.165) is 81.4 Å². The van der Waals surface area contributed by atoms with E-state index in [4.69, 9.17) is 9.40 Å². The molecule has 3 aromatic rings. The molecule has 1 N–H and O–H groups in total. The monoisotopic (exact) mass is 446 g/mol. The second-order valence-corrected chi connectivity index (χ2v) is 9.07. The van der Waals surface area contributed by atoms with E-state index >= 15 is 0 Å². The first kappa shape index (κ1) is 23.5. The minimum Gasteiger partial charge on any atom is -0.444 e. The van der Waals surface area contributed by atoms with Gasteiger partial charge in [-0.25, -0.2) is 4.98 Å². The highest BCUT2D eigenvalue weighted by atomic mass is 16.4. The molecular weight excluding hydrogens is 408 g/mol. The smallest absolute Gasteiger partial charge is 0.208 e. The summed E-state index contributed by atoms with van der Waals surface area (Å²) in [5.74, 6) is 1.79. The molecule has 2 heterocycles. The molecule has 0 atom stereocenters. The molecule has 0 bridgehead atoms. The van der Waals surface area contributed by atoms with Crippen LogP contribution in [-0.4, -0.2) is 49.2 Å². The van der Waals surface area contributed by atoms with Crippen LogP contribution >= 0.6 is 0 Å². The molecule has 1 aliphatic heterocycles. The maximum Gasteiger partial charge on any atom is 0.208 e. The van der Waals surface area contributed by atoms with Gasteiger partial charge in [0, 0.05) is 43.9 Å². The highest BCUT2D eigenvalue weighted by molar-refractivity contribution is 5.61. The van der Waals surface area contributed by atoms with Crippen LogP contribution in [0.2, 0.25) is 0 Å². The number of oxazole rings is 1. The van der Waals surface area contributed by atoms with Crippen molar-refractivity contribution in [3.8, 4) is 11.3 Å². The van der Waals surface area contributed by atoms with E-state index in [1.807, 2.05) is 6.07 Å². The van der Waals surface area contributed by atoms with Gasteiger partial charge in [-0.2, -0.15) is 0 Å². The van der Waals surface area contributed by atoms with Gasteiger partial charge in [-0.1, -0.05) is 49.4 Å². The predicted octanol–water partition coefficient (Wildman–Crippen LogP) is 5.21. The second-order valence-electron chi connectivity index (χ2n) is 9.07. The number of nitrogens with one attached hydrogen (secondary N) is 1. The van der Waals surface area contributed by atoms with Gasteiger partial charge in [0.25, 0.3) is 0 Å². The van der Waals surface area contributed by atoms with Crippen molar-refractivity contribution in [2.24, 2.45) is 0 Å². The Morgan fingerprint density at radius 1 is 0.970 bits per heavy atom. The van der Waals surface area contributed by atoms with Crippen molar-refractivity contribution in [3.05, 3.63) is 71.3 Å². The summed E-state index contributed by atoms with van der Waals surface area (Å²) in [5.41, 5.74) is 6.33. The standard InChI is InChI=1S/C28H38N4O/c1-4-10-26-28(24-12-6-5-7-13-24)30-27(33-26)21-29-15-9-16-31-17-19-32(20-18-31)25-14-8-11-22(2)23(25)3/h5-8,11-14,29H,4,9-10,15-21H2,1-3H3. The van der Waals surface area contributed by atoms with Crippen LogP contribution in [0.3, 0.4) is 0 Å². The molecule has 33 heavy (non-hydrogen) atoms. The van der Waals surface area contributed by atoms with Gasteiger partial charge in [-0.05, 0) is 57.0 Å². The zero-order valence-electron chi connectivity index (χ0n) is 20.4. The first-order valence-electron chi connectivity index (χ1n) is 12.4. The molecule has 1 saturated heterocycles. The molecule has 5 heteroatoms. The number of anilines is 1. The average Bonchev–Trinajstić information content (AvgIpc) is 3.24. The quantitative estimate of drug-likeness (QED) is 0.433. The van der Waals surface area contributed by atoms with Crippen LogP contribution in [-0.2, 0) is 13.0 Å². The molecule has 2 aromatic carbocycles. The molecular formula is C28H38N4O. The molecule has 0 saturated carbocycles. The highest BCUT2D eigenvalue weighted by Crippen LogP contribution is 2.25. The van der Waals surface area contributed by atoms with Gasteiger partial charge in [-0.15, -0.1) is 0 Å². The van der Waals surface area contributed by atoms with Crippen molar-refractivity contribution in [1.29, 1.82) is 0 Å². The molecule has 1 fully saturated rings. The predicted molar refractivity (Wildman–Crippen MR) is 137 cm³/mol. The maximum absolute atomic E-state index is 6.09. The Morgan fingerprint density at radius 3 is 2.52 bits per heavy atom. The first-order valence-corrected chi connectivity index (χ1v) is 12.4. The molecule has 0 spiro atoms. The Balaban J connectivity index is 1.20. The number of hydrogen-bond donors (Lipinski definition) is 1. The van der Waals surface area contributed by atoms with Crippen LogP contribution in [0, 0.1) is 13.8 Å². The summed E-state index contributed by atoms with van der Waals surface area (Å²) in [5, 5.41) is 3.53. The van der Waals surface area contributed by atoms with Crippen LogP contribution in [0.15, 0.2) is 52.9 Å². The van der Waals surface area contributed by atoms with Crippen molar-refractivity contribution in [2.45, 2.75) is 46.6 Å². The summed E-state index contributed by atoms with van der Waals surface area (Å²) in [6, 6.07) is 17.0. The van der Waals surface area contributed by atoms with Crippen molar-refractivity contribution in [1.82, 2.24) is 15.2 Å². The highest BCUT2D eigenvalue weighted by Gasteiger charge is 2.18. The SMILES string of the molecule is CCCc1oc(CNCCCN2CCN(c3cccc(C)c3C)CC2)nc1-c1ccccc1. The third kappa shape index (κ3) is 6.04. The zero-order valence-corrected chi connectivity index (χ0v) is 20.4. The summed E-state index contributed by atoms with van der Waals surface area (Å²) in [7, 11) is 0. The number of rotatable bonds is 10. The number of aryl methyl sites for hydroxylation is 2. The van der Waals surface area contributed by atoms with Crippen LogP contribution in [0.5, 0.6) is 0 Å². The third-order valence-corrected chi connectivity index (χ3v) is 6.66. The molecule has 1 aromatic heterocycles. The lowest BCUT2D eigenvalue weighted by molar-refractivity contribution is 0.253. The Morgan fingerprint density at radius 2 is 1.76 bits per heavy atom. The molecule has 0 amide bonds. The number of benzene rings is 2. The summed E-state index contributed by atoms with van der Waals surface area (Å²) in [4.78, 5) is 9.92. The van der Waals surface area contributed by atoms with E-state index in [2.05, 4.69) is 78.4 Å². The lowest BCUT2D eigenvalue weighted by Crippen LogP contribution is -2.47. The second kappa shape index (κ2) is 11.5. The molecule has 0 aliphatic carbocycles. The normalized spacial score (nSPS) is 14.7. The van der Waals surface area contributed by atoms with E-state index in [-0.39, 0.29) is 0 Å². The minimum absolute atomic E-state index is 0.684. The summed E-state index contributed by atoms with van der Waals surface area (Å²) >= 11 is 0. The van der Waals surface area contributed by atoms with Gasteiger partial charge < -0.3 is 14.6 Å². The maximum atomic E-state index is 6.09. The van der Waals surface area contributed by atoms with Crippen molar-refractivity contribution in [2.75, 3.05) is 44.2 Å². The largest absolute Gasteiger partial charge is 0.444 e. The fourth-order valence-corrected chi connectivity index (χ4v) is 4.61. The van der Waals surface area contributed by atoms with Gasteiger partial charge in [0.1, 0.15) is 11.5 Å². The number of hydrogen-bond acceptors (Lipinski definition) is 5. The van der Waals surface area contributed by atoms with Crippen LogP contribution in [0.25, 0.3) is 11.3 Å². The van der Waals surface area contributed by atoms with Gasteiger partial charge in [0.2, 0.25) is 5.89 Å². The lowest BCUT2D eigenvalue weighted by atomic mass is 10.1. The van der Waals surface area contributed by atoms with E-state index < -0.39 is 0 Å². The van der Waals surface area contributed by atoms with Gasteiger partial charge in [0.05, 0.1) is 6.54 Å². The number of nitrogens with zero attached hydrogens (tertiary/aromatic N) is 3. The summed E-state index contributed by atoms with van der Waals surface area (Å²) in [6.45, 7) is 13.9. The Hall–Kier alpha value is -2.63. The van der Waals surface area contributed by atoms with Crippen molar-refractivity contribution < 1.29 is 4.42 Å². The van der Waals surface area contributed by atoms with Crippen LogP contribution in [0.1, 0.15) is 42.5 Å². The van der Waals surface area contributed by atoms with Gasteiger partial charge >= 0.3 is 0 Å². The summed E-state index contributed by atoms with van der Waals surface area (Å²) in [6.07, 6.45) is 3.11. The van der Waals surface area contributed by atoms with Crippen molar-refractivity contribution in [3.63, 3.8) is 0 Å².